The van der Waals surface area contributed by atoms with Crippen molar-refractivity contribution < 1.29 is 19.8 Å². The molecule has 0 amide bonds. The van der Waals surface area contributed by atoms with Crippen molar-refractivity contribution in [3.8, 4) is 5.75 Å². The zero-order chi connectivity index (χ0) is 22.2. The van der Waals surface area contributed by atoms with Crippen LogP contribution < -0.4 is 5.32 Å². The molecule has 5 nitrogen and oxygen atoms in total. The Morgan fingerprint density at radius 1 is 0.806 bits per heavy atom. The van der Waals surface area contributed by atoms with Gasteiger partial charge in [-0.1, -0.05) is 82.6 Å². The normalized spacial score (nSPS) is 13.6. The largest absolute Gasteiger partial charge is 0.507 e. The lowest BCUT2D eigenvalue weighted by Crippen LogP contribution is -2.25. The van der Waals surface area contributed by atoms with Crippen LogP contribution in [0.25, 0.3) is 0 Å². The minimum absolute atomic E-state index is 0.0336. The van der Waals surface area contributed by atoms with Gasteiger partial charge in [0.15, 0.2) is 11.6 Å². The average molecular weight is 424 g/mol. The van der Waals surface area contributed by atoms with Crippen LogP contribution in [0, 0.1) is 0 Å². The fraction of sp³-hybridized carbons (Fsp3) is 0.462. The summed E-state index contributed by atoms with van der Waals surface area (Å²) in [7, 11) is 0. The number of carbonyl (C=O) groups excluding carboxylic acids is 2. The topological polar surface area (TPSA) is 86.6 Å². The zero-order valence-electron chi connectivity index (χ0n) is 18.3. The van der Waals surface area contributed by atoms with Crippen molar-refractivity contribution in [1.82, 2.24) is 0 Å². The van der Waals surface area contributed by atoms with E-state index < -0.39 is 6.10 Å². The van der Waals surface area contributed by atoms with Crippen LogP contribution in [0.15, 0.2) is 36.4 Å². The number of unbranched alkanes of at least 4 members (excludes halogenated alkanes) is 7. The van der Waals surface area contributed by atoms with E-state index in [1.807, 2.05) is 0 Å². The maximum absolute atomic E-state index is 13.0. The van der Waals surface area contributed by atoms with Crippen molar-refractivity contribution in [2.45, 2.75) is 70.8 Å². The van der Waals surface area contributed by atoms with Gasteiger partial charge in [0, 0.05) is 23.4 Å². The number of aliphatic hydroxyl groups excluding tert-OH is 1. The molecule has 0 radical (unpaired) electrons. The van der Waals surface area contributed by atoms with Gasteiger partial charge in [0.2, 0.25) is 0 Å². The highest BCUT2D eigenvalue weighted by atomic mass is 16.3. The highest BCUT2D eigenvalue weighted by Crippen LogP contribution is 2.36. The molecule has 1 atom stereocenters. The number of ketones is 2. The minimum Gasteiger partial charge on any atom is -0.507 e. The Bertz CT molecular complexity index is 922. The lowest BCUT2D eigenvalue weighted by atomic mass is 9.82. The number of phenolic OH excluding ortho intramolecular Hbond substituents is 1. The second kappa shape index (κ2) is 11.1. The Hall–Kier alpha value is -2.66. The van der Waals surface area contributed by atoms with Crippen LogP contribution >= 0.6 is 0 Å². The molecular weight excluding hydrogens is 390 g/mol. The quantitative estimate of drug-likeness (QED) is 0.266. The van der Waals surface area contributed by atoms with E-state index in [-0.39, 0.29) is 35.0 Å². The predicted molar refractivity (Wildman–Crippen MR) is 123 cm³/mol. The fourth-order valence-corrected chi connectivity index (χ4v) is 4.20. The number of benzene rings is 2. The summed E-state index contributed by atoms with van der Waals surface area (Å²) in [6, 6.07) is 9.67. The molecule has 1 unspecified atom stereocenters. The molecule has 0 aromatic heterocycles. The molecular formula is C26H33NO4. The standard InChI is InChI=1S/C26H33NO4/c1-2-3-4-5-6-7-8-9-12-18(28)17-27-21-15-16-22(29)24-23(21)25(30)19-13-10-11-14-20(19)26(24)31/h10-11,13-16,18,27-29H,2-9,12,17H2,1H3. The van der Waals surface area contributed by atoms with Crippen molar-refractivity contribution in [3.63, 3.8) is 0 Å². The fourth-order valence-electron chi connectivity index (χ4n) is 4.20. The number of hydrogen-bond acceptors (Lipinski definition) is 5. The van der Waals surface area contributed by atoms with Crippen molar-refractivity contribution in [3.05, 3.63) is 58.7 Å². The summed E-state index contributed by atoms with van der Waals surface area (Å²) in [5.41, 5.74) is 1.33. The summed E-state index contributed by atoms with van der Waals surface area (Å²) in [5.74, 6) is -0.847. The summed E-state index contributed by atoms with van der Waals surface area (Å²) in [6.07, 6.45) is 9.86. The summed E-state index contributed by atoms with van der Waals surface area (Å²) in [6.45, 7) is 2.51. The summed E-state index contributed by atoms with van der Waals surface area (Å²) in [5, 5.41) is 23.7. The van der Waals surface area contributed by atoms with Gasteiger partial charge in [0.25, 0.3) is 0 Å². The van der Waals surface area contributed by atoms with Gasteiger partial charge < -0.3 is 15.5 Å². The van der Waals surface area contributed by atoms with Crippen LogP contribution in [0.1, 0.15) is 96.6 Å². The molecule has 1 aliphatic rings. The van der Waals surface area contributed by atoms with Crippen LogP contribution in [0.5, 0.6) is 5.75 Å². The maximum Gasteiger partial charge on any atom is 0.198 e. The number of nitrogens with one attached hydrogen (secondary N) is 1. The van der Waals surface area contributed by atoms with Gasteiger partial charge in [-0.2, -0.15) is 0 Å². The van der Waals surface area contributed by atoms with Gasteiger partial charge in [0.05, 0.1) is 17.2 Å². The molecule has 2 aromatic rings. The van der Waals surface area contributed by atoms with E-state index in [9.17, 15) is 19.8 Å². The third-order valence-corrected chi connectivity index (χ3v) is 5.97. The van der Waals surface area contributed by atoms with E-state index in [0.29, 0.717) is 23.2 Å². The number of anilines is 1. The maximum atomic E-state index is 13.0. The third kappa shape index (κ3) is 5.53. The minimum atomic E-state index is -0.536. The first kappa shape index (κ1) is 23.0. The second-order valence-corrected chi connectivity index (χ2v) is 8.38. The Balaban J connectivity index is 1.56. The molecule has 5 heteroatoms. The number of hydrogen-bond donors (Lipinski definition) is 3. The SMILES string of the molecule is CCCCCCCCCCC(O)CNc1ccc(O)c2c1C(=O)c1ccccc1C2=O. The molecule has 0 saturated carbocycles. The summed E-state index contributed by atoms with van der Waals surface area (Å²) in [4.78, 5) is 25.9. The lowest BCUT2D eigenvalue weighted by Gasteiger charge is -2.22. The van der Waals surface area contributed by atoms with E-state index in [2.05, 4.69) is 12.2 Å². The molecule has 0 bridgehead atoms. The van der Waals surface area contributed by atoms with Gasteiger partial charge in [-0.05, 0) is 18.6 Å². The van der Waals surface area contributed by atoms with E-state index in [0.717, 1.165) is 12.8 Å². The Kier molecular flexibility index (Phi) is 8.24. The lowest BCUT2D eigenvalue weighted by molar-refractivity contribution is 0.0977. The smallest absolute Gasteiger partial charge is 0.198 e. The van der Waals surface area contributed by atoms with Crippen molar-refractivity contribution >= 4 is 17.3 Å². The number of carbonyl (C=O) groups is 2. The first-order valence-corrected chi connectivity index (χ1v) is 11.5. The zero-order valence-corrected chi connectivity index (χ0v) is 18.3. The first-order valence-electron chi connectivity index (χ1n) is 11.5. The monoisotopic (exact) mass is 423 g/mol. The van der Waals surface area contributed by atoms with Crippen LogP contribution in [-0.2, 0) is 0 Å². The van der Waals surface area contributed by atoms with Crippen LogP contribution in [-0.4, -0.2) is 34.4 Å². The van der Waals surface area contributed by atoms with Gasteiger partial charge in [0.1, 0.15) is 5.75 Å². The molecule has 0 aliphatic heterocycles. The number of aliphatic hydroxyl groups is 1. The van der Waals surface area contributed by atoms with E-state index in [1.165, 1.54) is 44.6 Å². The van der Waals surface area contributed by atoms with E-state index >= 15 is 0 Å². The molecule has 0 saturated heterocycles. The Labute approximate surface area is 184 Å². The predicted octanol–water partition coefficient (Wildman–Crippen LogP) is 5.47. The first-order chi connectivity index (χ1) is 15.0. The third-order valence-electron chi connectivity index (χ3n) is 5.97. The second-order valence-electron chi connectivity index (χ2n) is 8.38. The van der Waals surface area contributed by atoms with Gasteiger partial charge in [-0.15, -0.1) is 0 Å². The molecule has 2 aromatic carbocycles. The Morgan fingerprint density at radius 2 is 1.39 bits per heavy atom. The molecule has 0 heterocycles. The number of phenols is 1. The molecule has 3 N–H and O–H groups in total. The number of fused-ring (bicyclic) bond motifs is 2. The number of rotatable bonds is 12. The molecule has 0 fully saturated rings. The molecule has 166 valence electrons. The highest BCUT2D eigenvalue weighted by Gasteiger charge is 2.33. The van der Waals surface area contributed by atoms with Crippen molar-refractivity contribution in [1.29, 1.82) is 0 Å². The van der Waals surface area contributed by atoms with Crippen LogP contribution in [0.2, 0.25) is 0 Å². The van der Waals surface area contributed by atoms with Crippen molar-refractivity contribution in [2.75, 3.05) is 11.9 Å². The summed E-state index contributed by atoms with van der Waals surface area (Å²) < 4.78 is 0. The van der Waals surface area contributed by atoms with Crippen molar-refractivity contribution in [2.24, 2.45) is 0 Å². The van der Waals surface area contributed by atoms with E-state index in [1.54, 1.807) is 30.3 Å². The van der Waals surface area contributed by atoms with Crippen LogP contribution in [0.4, 0.5) is 5.69 Å². The average Bonchev–Trinajstić information content (AvgIpc) is 2.78. The van der Waals surface area contributed by atoms with Gasteiger partial charge in [-0.25, -0.2) is 0 Å². The highest BCUT2D eigenvalue weighted by molar-refractivity contribution is 6.31. The molecule has 1 aliphatic carbocycles. The number of aromatic hydroxyl groups is 1. The van der Waals surface area contributed by atoms with Crippen LogP contribution in [0.3, 0.4) is 0 Å². The van der Waals surface area contributed by atoms with Gasteiger partial charge in [-0.3, -0.25) is 9.59 Å². The van der Waals surface area contributed by atoms with E-state index in [4.69, 9.17) is 0 Å². The molecule has 3 rings (SSSR count). The molecule has 0 spiro atoms. The van der Waals surface area contributed by atoms with Gasteiger partial charge >= 0.3 is 0 Å². The Morgan fingerprint density at radius 3 is 2.03 bits per heavy atom. The summed E-state index contributed by atoms with van der Waals surface area (Å²) >= 11 is 0. The molecule has 31 heavy (non-hydrogen) atoms.